The van der Waals surface area contributed by atoms with Crippen LogP contribution in [0.3, 0.4) is 0 Å². The summed E-state index contributed by atoms with van der Waals surface area (Å²) in [5.41, 5.74) is 14.1. The zero-order valence-corrected chi connectivity index (χ0v) is 34.7. The molecule has 48 heavy (non-hydrogen) atoms. The first-order valence-electron chi connectivity index (χ1n) is 18.0. The first kappa shape index (κ1) is 35.0. The zero-order chi connectivity index (χ0) is 34.7. The minimum atomic E-state index is -1.98. The molecule has 0 amide bonds. The van der Waals surface area contributed by atoms with Gasteiger partial charge in [-0.25, -0.2) is 0 Å². The molecule has 248 valence electrons. The number of fused-ring (bicyclic) bond motifs is 5. The van der Waals surface area contributed by atoms with E-state index in [-0.39, 0.29) is 0 Å². The fourth-order valence-corrected chi connectivity index (χ4v) is 21.4. The largest absolute Gasteiger partial charge is 0.146 e. The Morgan fingerprint density at radius 2 is 0.750 bits per heavy atom. The maximum Gasteiger partial charge on any atom is 0.146 e. The first-order valence-corrected chi connectivity index (χ1v) is 24.2. The molecule has 4 heteroatoms. The predicted molar refractivity (Wildman–Crippen MR) is 226 cm³/mol. The van der Waals surface area contributed by atoms with E-state index in [2.05, 4.69) is 165 Å². The highest BCUT2D eigenvalue weighted by molar-refractivity contribution is 7.17. The Bertz CT molecular complexity index is 2090. The van der Waals surface area contributed by atoms with Crippen molar-refractivity contribution in [3.63, 3.8) is 0 Å². The summed E-state index contributed by atoms with van der Waals surface area (Å²) >= 11 is 3.65. The lowest BCUT2D eigenvalue weighted by molar-refractivity contribution is 0.838. The van der Waals surface area contributed by atoms with Gasteiger partial charge in [0.25, 0.3) is 0 Å². The Balaban J connectivity index is 1.83. The van der Waals surface area contributed by atoms with E-state index in [9.17, 15) is 0 Å². The van der Waals surface area contributed by atoms with E-state index in [0.717, 1.165) is 0 Å². The lowest BCUT2D eigenvalue weighted by Crippen LogP contribution is -2.43. The van der Waals surface area contributed by atoms with Crippen molar-refractivity contribution in [2.45, 2.75) is 116 Å². The molecule has 0 aliphatic carbocycles. The van der Waals surface area contributed by atoms with Gasteiger partial charge < -0.3 is 0 Å². The van der Waals surface area contributed by atoms with Crippen molar-refractivity contribution in [3.05, 3.63) is 70.4 Å². The number of hydrogen-bond donors (Lipinski definition) is 0. The standard InChI is InChI=1S/C44H52S2Si2/c1-27(2)47(28(3)4,29(5)6)19-15-37-39-22-34-14-18-46-44(34)26-42(39)38(16-20-48(30(7)8,31(9)10)32(11)12)41-24-36-25-43-33(13-17-45-43)21-35(36)23-40(37)41/h13-14,17-18,21-32H,1-12H3. The van der Waals surface area contributed by atoms with Crippen molar-refractivity contribution < 1.29 is 0 Å². The van der Waals surface area contributed by atoms with Gasteiger partial charge in [0, 0.05) is 25.9 Å². The fraction of sp³-hybridized carbons (Fsp3) is 0.409. The van der Waals surface area contributed by atoms with E-state index in [0.29, 0.717) is 33.2 Å². The number of hydrogen-bond acceptors (Lipinski definition) is 2. The van der Waals surface area contributed by atoms with Gasteiger partial charge in [0.2, 0.25) is 0 Å². The van der Waals surface area contributed by atoms with Crippen LogP contribution in [0.4, 0.5) is 0 Å². The van der Waals surface area contributed by atoms with Crippen LogP contribution in [0.2, 0.25) is 33.2 Å². The van der Waals surface area contributed by atoms with Gasteiger partial charge in [-0.15, -0.1) is 33.8 Å². The summed E-state index contributed by atoms with van der Waals surface area (Å²) < 4.78 is 2.66. The van der Waals surface area contributed by atoms with E-state index in [4.69, 9.17) is 0 Å². The first-order chi connectivity index (χ1) is 22.7. The summed E-state index contributed by atoms with van der Waals surface area (Å²) in [6, 6.07) is 19.0. The summed E-state index contributed by atoms with van der Waals surface area (Å²) in [7, 11) is -3.96. The van der Waals surface area contributed by atoms with Gasteiger partial charge in [-0.2, -0.15) is 0 Å². The number of thiophene rings is 2. The van der Waals surface area contributed by atoms with Crippen LogP contribution in [0.5, 0.6) is 0 Å². The normalized spacial score (nSPS) is 13.0. The Hall–Kier alpha value is -2.87. The molecule has 4 aromatic carbocycles. The van der Waals surface area contributed by atoms with Crippen LogP contribution in [-0.4, -0.2) is 16.1 Å². The summed E-state index contributed by atoms with van der Waals surface area (Å²) in [4.78, 5) is 0. The molecule has 0 bridgehead atoms. The molecule has 0 unspecified atom stereocenters. The van der Waals surface area contributed by atoms with Gasteiger partial charge in [-0.05, 0) is 130 Å². The topological polar surface area (TPSA) is 0 Å². The number of rotatable bonds is 6. The molecular weight excluding hydrogens is 649 g/mol. The van der Waals surface area contributed by atoms with Crippen molar-refractivity contribution in [2.75, 3.05) is 0 Å². The highest BCUT2D eigenvalue weighted by atomic mass is 32.1. The second-order valence-electron chi connectivity index (χ2n) is 16.0. The van der Waals surface area contributed by atoms with Crippen molar-refractivity contribution >= 4 is 91.3 Å². The van der Waals surface area contributed by atoms with Gasteiger partial charge in [-0.3, -0.25) is 0 Å². The monoisotopic (exact) mass is 700 g/mol. The maximum absolute atomic E-state index is 4.13. The lowest BCUT2D eigenvalue weighted by atomic mass is 9.90. The van der Waals surface area contributed by atoms with Gasteiger partial charge >= 0.3 is 0 Å². The molecule has 0 nitrogen and oxygen atoms in total. The van der Waals surface area contributed by atoms with Gasteiger partial charge in [-0.1, -0.05) is 94.9 Å². The molecule has 0 saturated carbocycles. The summed E-state index contributed by atoms with van der Waals surface area (Å²) in [6.45, 7) is 29.0. The molecule has 2 heterocycles. The molecular formula is C44H52S2Si2. The van der Waals surface area contributed by atoms with Crippen LogP contribution in [0.25, 0.3) is 52.5 Å². The van der Waals surface area contributed by atoms with Crippen molar-refractivity contribution in [1.29, 1.82) is 0 Å². The summed E-state index contributed by atoms with van der Waals surface area (Å²) in [5, 5.41) is 14.6. The predicted octanol–water partition coefficient (Wildman–Crippen LogP) is 14.7. The number of benzene rings is 4. The van der Waals surface area contributed by atoms with Crippen LogP contribution in [-0.2, 0) is 0 Å². The highest BCUT2D eigenvalue weighted by Gasteiger charge is 2.43. The van der Waals surface area contributed by atoms with Crippen LogP contribution in [0.15, 0.2) is 59.3 Å². The third-order valence-corrected chi connectivity index (χ3v) is 26.1. The Kier molecular flexibility index (Phi) is 9.55. The minimum Gasteiger partial charge on any atom is -0.144 e. The Labute approximate surface area is 299 Å². The molecule has 0 aliphatic rings. The van der Waals surface area contributed by atoms with Crippen LogP contribution in [0, 0.1) is 22.9 Å². The fourth-order valence-electron chi connectivity index (χ4n) is 9.36. The smallest absolute Gasteiger partial charge is 0.144 e. The van der Waals surface area contributed by atoms with Crippen molar-refractivity contribution in [1.82, 2.24) is 0 Å². The van der Waals surface area contributed by atoms with E-state index in [1.807, 2.05) is 22.7 Å². The lowest BCUT2D eigenvalue weighted by Gasteiger charge is -2.38. The highest BCUT2D eigenvalue weighted by Crippen LogP contribution is 2.44. The average molecular weight is 701 g/mol. The molecule has 0 saturated heterocycles. The molecule has 0 radical (unpaired) electrons. The Morgan fingerprint density at radius 3 is 1.17 bits per heavy atom. The van der Waals surface area contributed by atoms with Gasteiger partial charge in [0.05, 0.1) is 0 Å². The van der Waals surface area contributed by atoms with E-state index < -0.39 is 16.1 Å². The molecule has 6 rings (SSSR count). The summed E-state index contributed by atoms with van der Waals surface area (Å²) in [5.74, 6) is 8.00. The quantitative estimate of drug-likeness (QED) is 0.0922. The van der Waals surface area contributed by atoms with Gasteiger partial charge in [0.1, 0.15) is 16.1 Å². The van der Waals surface area contributed by atoms with E-state index in [1.165, 1.54) is 63.6 Å². The van der Waals surface area contributed by atoms with Gasteiger partial charge in [0.15, 0.2) is 0 Å². The molecule has 0 spiro atoms. The zero-order valence-electron chi connectivity index (χ0n) is 31.1. The van der Waals surface area contributed by atoms with Crippen molar-refractivity contribution in [2.24, 2.45) is 0 Å². The van der Waals surface area contributed by atoms with Crippen molar-refractivity contribution in [3.8, 4) is 22.9 Å². The molecule has 0 atom stereocenters. The van der Waals surface area contributed by atoms with Crippen LogP contribution >= 0.6 is 22.7 Å². The molecule has 2 aromatic heterocycles. The third kappa shape index (κ3) is 5.58. The second kappa shape index (κ2) is 13.1. The minimum absolute atomic E-state index is 0.574. The average Bonchev–Trinajstić information content (AvgIpc) is 3.67. The molecule has 0 aliphatic heterocycles. The maximum atomic E-state index is 4.13. The molecule has 6 aromatic rings. The third-order valence-electron chi connectivity index (χ3n) is 11.8. The SMILES string of the molecule is CC(C)[Si](C#Cc1c2cc3cc4ccsc4cc3cc2c(C#C[Si](C(C)C)(C(C)C)C(C)C)c2cc3sccc3cc12)(C(C)C)C(C)C. The van der Waals surface area contributed by atoms with E-state index in [1.54, 1.807) is 0 Å². The van der Waals surface area contributed by atoms with E-state index >= 15 is 0 Å². The van der Waals surface area contributed by atoms with Crippen LogP contribution < -0.4 is 0 Å². The molecule has 0 N–H and O–H groups in total. The second-order valence-corrected chi connectivity index (χ2v) is 29.0. The Morgan fingerprint density at radius 1 is 0.417 bits per heavy atom. The van der Waals surface area contributed by atoms with Crippen LogP contribution in [0.1, 0.15) is 94.2 Å². The molecule has 0 fully saturated rings. The summed E-state index contributed by atoms with van der Waals surface area (Å²) in [6.07, 6.45) is 0.